The molecule has 1 heterocycles. The molecule has 0 aliphatic heterocycles. The molecule has 0 radical (unpaired) electrons. The van der Waals surface area contributed by atoms with Gasteiger partial charge in [0.1, 0.15) is 0 Å². The average molecular weight is 369 g/mol. The van der Waals surface area contributed by atoms with Gasteiger partial charge in [0.05, 0.1) is 11.7 Å². The van der Waals surface area contributed by atoms with Crippen LogP contribution in [0.25, 0.3) is 22.4 Å². The van der Waals surface area contributed by atoms with Gasteiger partial charge in [-0.05, 0) is 47.2 Å². The van der Waals surface area contributed by atoms with E-state index in [1.165, 1.54) is 33.4 Å². The van der Waals surface area contributed by atoms with Gasteiger partial charge in [-0.1, -0.05) is 66.7 Å². The van der Waals surface area contributed by atoms with Crippen molar-refractivity contribution in [3.63, 3.8) is 0 Å². The molecule has 27 heavy (non-hydrogen) atoms. The summed E-state index contributed by atoms with van der Waals surface area (Å²) >= 11 is 1.66. The Labute approximate surface area is 163 Å². The third kappa shape index (κ3) is 3.04. The molecule has 0 unspecified atom stereocenters. The van der Waals surface area contributed by atoms with E-state index in [0.29, 0.717) is 0 Å². The fourth-order valence-corrected chi connectivity index (χ4v) is 4.57. The molecule has 1 atom stereocenters. The van der Waals surface area contributed by atoms with Crippen LogP contribution in [0.1, 0.15) is 29.7 Å². The van der Waals surface area contributed by atoms with Crippen LogP contribution in [0.2, 0.25) is 0 Å². The number of nitrogens with zero attached hydrogens (tertiary/aromatic N) is 1. The lowest BCUT2D eigenvalue weighted by molar-refractivity contribution is 0.882. The molecule has 0 bridgehead atoms. The molecule has 132 valence electrons. The number of aromatic nitrogens is 1. The standard InChI is InChI=1S/C24H20N2S/c1-16(17-7-3-2-4-8-17)25-24-26-23(15-27-24)20-12-11-19-13-18-9-5-6-10-21(18)22(19)14-20/h2-12,14-16H,13H2,1H3,(H,25,26)/t16-/m0/s1. The van der Waals surface area contributed by atoms with Crippen LogP contribution in [-0.4, -0.2) is 4.98 Å². The van der Waals surface area contributed by atoms with Crippen LogP contribution in [0.3, 0.4) is 0 Å². The summed E-state index contributed by atoms with van der Waals surface area (Å²) in [5.41, 5.74) is 9.03. The second kappa shape index (κ2) is 6.67. The van der Waals surface area contributed by atoms with E-state index in [2.05, 4.69) is 84.4 Å². The van der Waals surface area contributed by atoms with E-state index < -0.39 is 0 Å². The summed E-state index contributed by atoms with van der Waals surface area (Å²) in [5, 5.41) is 6.63. The van der Waals surface area contributed by atoms with Gasteiger partial charge in [0.2, 0.25) is 0 Å². The van der Waals surface area contributed by atoms with Gasteiger partial charge in [-0.15, -0.1) is 11.3 Å². The molecular weight excluding hydrogens is 348 g/mol. The summed E-state index contributed by atoms with van der Waals surface area (Å²) in [6, 6.07) is 26.1. The number of thiazole rings is 1. The van der Waals surface area contributed by atoms with Crippen molar-refractivity contribution in [1.29, 1.82) is 0 Å². The first-order chi connectivity index (χ1) is 13.3. The van der Waals surface area contributed by atoms with Crippen LogP contribution in [0.15, 0.2) is 78.2 Å². The van der Waals surface area contributed by atoms with Crippen molar-refractivity contribution < 1.29 is 0 Å². The second-order valence-electron chi connectivity index (χ2n) is 7.02. The predicted octanol–water partition coefficient (Wildman–Crippen LogP) is 6.55. The first-order valence-electron chi connectivity index (χ1n) is 9.26. The van der Waals surface area contributed by atoms with Crippen LogP contribution < -0.4 is 5.32 Å². The van der Waals surface area contributed by atoms with Gasteiger partial charge in [-0.3, -0.25) is 0 Å². The summed E-state index contributed by atoms with van der Waals surface area (Å²) in [7, 11) is 0. The molecule has 3 aromatic carbocycles. The van der Waals surface area contributed by atoms with E-state index in [1.54, 1.807) is 11.3 Å². The molecule has 0 spiro atoms. The minimum Gasteiger partial charge on any atom is -0.355 e. The van der Waals surface area contributed by atoms with Crippen molar-refractivity contribution in [3.05, 3.63) is 94.9 Å². The van der Waals surface area contributed by atoms with Gasteiger partial charge in [0.25, 0.3) is 0 Å². The van der Waals surface area contributed by atoms with Gasteiger partial charge in [-0.25, -0.2) is 4.98 Å². The number of nitrogens with one attached hydrogen (secondary N) is 1. The Morgan fingerprint density at radius 3 is 2.56 bits per heavy atom. The van der Waals surface area contributed by atoms with E-state index in [1.807, 2.05) is 6.07 Å². The highest BCUT2D eigenvalue weighted by atomic mass is 32.1. The van der Waals surface area contributed by atoms with E-state index in [0.717, 1.165) is 17.2 Å². The lowest BCUT2D eigenvalue weighted by Gasteiger charge is -2.12. The molecule has 1 aliphatic rings. The molecule has 1 N–H and O–H groups in total. The number of fused-ring (bicyclic) bond motifs is 3. The number of anilines is 1. The van der Waals surface area contributed by atoms with Gasteiger partial charge in [0.15, 0.2) is 5.13 Å². The van der Waals surface area contributed by atoms with Gasteiger partial charge < -0.3 is 5.32 Å². The molecule has 4 aromatic rings. The molecule has 2 nitrogen and oxygen atoms in total. The first kappa shape index (κ1) is 16.3. The lowest BCUT2D eigenvalue weighted by atomic mass is 10.0. The first-order valence-corrected chi connectivity index (χ1v) is 10.1. The Morgan fingerprint density at radius 2 is 1.67 bits per heavy atom. The molecule has 0 saturated heterocycles. The van der Waals surface area contributed by atoms with Crippen molar-refractivity contribution in [2.75, 3.05) is 5.32 Å². The number of rotatable bonds is 4. The summed E-state index contributed by atoms with van der Waals surface area (Å²) < 4.78 is 0. The normalized spacial score (nSPS) is 13.1. The van der Waals surface area contributed by atoms with Crippen LogP contribution in [-0.2, 0) is 6.42 Å². The van der Waals surface area contributed by atoms with Crippen LogP contribution in [0.5, 0.6) is 0 Å². The maximum absolute atomic E-state index is 4.83. The molecule has 3 heteroatoms. The van der Waals surface area contributed by atoms with Crippen molar-refractivity contribution in [3.8, 4) is 22.4 Å². The van der Waals surface area contributed by atoms with Crippen molar-refractivity contribution in [2.45, 2.75) is 19.4 Å². The maximum atomic E-state index is 4.83. The van der Waals surface area contributed by atoms with Gasteiger partial charge >= 0.3 is 0 Å². The minimum atomic E-state index is 0.233. The zero-order valence-corrected chi connectivity index (χ0v) is 16.0. The Bertz CT molecular complexity index is 1100. The third-order valence-electron chi connectivity index (χ3n) is 5.24. The SMILES string of the molecule is C[C@H](Nc1nc(-c2ccc3c(c2)-c2ccccc2C3)cs1)c1ccccc1. The molecule has 0 fully saturated rings. The van der Waals surface area contributed by atoms with E-state index in [-0.39, 0.29) is 6.04 Å². The highest BCUT2D eigenvalue weighted by Crippen LogP contribution is 2.39. The Morgan fingerprint density at radius 1 is 0.889 bits per heavy atom. The van der Waals surface area contributed by atoms with Crippen molar-refractivity contribution in [2.24, 2.45) is 0 Å². The van der Waals surface area contributed by atoms with Crippen molar-refractivity contribution >= 4 is 16.5 Å². The number of benzene rings is 3. The second-order valence-corrected chi connectivity index (χ2v) is 7.88. The lowest BCUT2D eigenvalue weighted by Crippen LogP contribution is -2.05. The van der Waals surface area contributed by atoms with Gasteiger partial charge in [0, 0.05) is 10.9 Å². The fraction of sp³-hybridized carbons (Fsp3) is 0.125. The van der Waals surface area contributed by atoms with Crippen molar-refractivity contribution in [1.82, 2.24) is 4.98 Å². The Hall–Kier alpha value is -2.91. The third-order valence-corrected chi connectivity index (χ3v) is 6.01. The molecule has 1 aromatic heterocycles. The minimum absolute atomic E-state index is 0.233. The van der Waals surface area contributed by atoms with Crippen LogP contribution in [0, 0.1) is 0 Å². The zero-order chi connectivity index (χ0) is 18.2. The Balaban J connectivity index is 1.41. The van der Waals surface area contributed by atoms with Crippen LogP contribution in [0.4, 0.5) is 5.13 Å². The Kier molecular flexibility index (Phi) is 4.02. The number of hydrogen-bond donors (Lipinski definition) is 1. The quantitative estimate of drug-likeness (QED) is 0.389. The molecule has 1 aliphatic carbocycles. The topological polar surface area (TPSA) is 24.9 Å². The summed E-state index contributed by atoms with van der Waals surface area (Å²) in [6.45, 7) is 2.17. The van der Waals surface area contributed by atoms with E-state index in [4.69, 9.17) is 4.98 Å². The zero-order valence-electron chi connectivity index (χ0n) is 15.1. The molecule has 0 saturated carbocycles. The smallest absolute Gasteiger partial charge is 0.183 e. The largest absolute Gasteiger partial charge is 0.355 e. The van der Waals surface area contributed by atoms with Crippen LogP contribution >= 0.6 is 11.3 Å². The number of hydrogen-bond acceptors (Lipinski definition) is 3. The van der Waals surface area contributed by atoms with E-state index in [9.17, 15) is 0 Å². The maximum Gasteiger partial charge on any atom is 0.183 e. The summed E-state index contributed by atoms with van der Waals surface area (Å²) in [6.07, 6.45) is 1.03. The monoisotopic (exact) mass is 368 g/mol. The van der Waals surface area contributed by atoms with E-state index >= 15 is 0 Å². The highest BCUT2D eigenvalue weighted by Gasteiger charge is 2.19. The summed E-state index contributed by atoms with van der Waals surface area (Å²) in [4.78, 5) is 4.83. The highest BCUT2D eigenvalue weighted by molar-refractivity contribution is 7.14. The molecular formula is C24H20N2S. The predicted molar refractivity (Wildman–Crippen MR) is 114 cm³/mol. The fourth-order valence-electron chi connectivity index (χ4n) is 3.77. The summed E-state index contributed by atoms with van der Waals surface area (Å²) in [5.74, 6) is 0. The molecule has 5 rings (SSSR count). The molecule has 0 amide bonds. The average Bonchev–Trinajstić information content (AvgIpc) is 3.32. The van der Waals surface area contributed by atoms with Gasteiger partial charge in [-0.2, -0.15) is 0 Å².